The number of amides is 3. The van der Waals surface area contributed by atoms with Crippen molar-refractivity contribution < 1.29 is 38.1 Å². The molecule has 11 nitrogen and oxygen atoms in total. The van der Waals surface area contributed by atoms with Crippen LogP contribution in [0, 0.1) is 5.92 Å². The van der Waals surface area contributed by atoms with E-state index in [0.717, 1.165) is 12.8 Å². The number of methoxy groups -OCH3 is 1. The smallest absolute Gasteiger partial charge is 0.414 e. The number of rotatable bonds is 10. The summed E-state index contributed by atoms with van der Waals surface area (Å²) in [4.78, 5) is 38.5. The SMILES string of the molecule is COC1C(OC(=O)NC(=O)CN(C)CCNC(=O)OC(C)(C)C)CCC2(CO2)C1C1(C)OC1CC=C(C)C. The zero-order chi connectivity index (χ0) is 28.3. The van der Waals surface area contributed by atoms with E-state index in [-0.39, 0.29) is 24.2 Å². The van der Waals surface area contributed by atoms with Gasteiger partial charge >= 0.3 is 12.2 Å². The van der Waals surface area contributed by atoms with Crippen LogP contribution >= 0.6 is 0 Å². The highest BCUT2D eigenvalue weighted by Crippen LogP contribution is 2.59. The van der Waals surface area contributed by atoms with Crippen LogP contribution in [-0.2, 0) is 28.5 Å². The van der Waals surface area contributed by atoms with E-state index < -0.39 is 41.5 Å². The molecule has 2 heterocycles. The van der Waals surface area contributed by atoms with E-state index in [4.69, 9.17) is 23.7 Å². The minimum absolute atomic E-state index is 0.0407. The molecule has 3 amide bonds. The molecule has 216 valence electrons. The Bertz CT molecular complexity index is 908. The van der Waals surface area contributed by atoms with Crippen LogP contribution in [-0.4, -0.2) is 98.5 Å². The van der Waals surface area contributed by atoms with Crippen LogP contribution in [0.4, 0.5) is 9.59 Å². The maximum absolute atomic E-state index is 12.6. The second kappa shape index (κ2) is 11.9. The topological polar surface area (TPSA) is 131 Å². The third-order valence-electron chi connectivity index (χ3n) is 7.31. The fourth-order valence-electron chi connectivity index (χ4n) is 5.38. The van der Waals surface area contributed by atoms with Crippen LogP contribution in [0.2, 0.25) is 0 Å². The van der Waals surface area contributed by atoms with E-state index in [0.29, 0.717) is 26.1 Å². The Hall–Kier alpha value is -2.21. The molecule has 0 aromatic heterocycles. The summed E-state index contributed by atoms with van der Waals surface area (Å²) in [6.45, 7) is 12.8. The summed E-state index contributed by atoms with van der Waals surface area (Å²) in [5.41, 5.74) is -0.107. The van der Waals surface area contributed by atoms with Gasteiger partial charge < -0.3 is 29.0 Å². The standard InChI is InChI=1S/C27H45N3O8/c1-17(2)9-10-19-26(6,37-19)22-21(34-8)18(11-12-27(22)16-35-27)36-24(33)29-20(31)15-30(7)14-13-28-23(32)38-25(3,4)5/h9,18-19,21-22H,10-16H2,1-8H3,(H,28,32)(H,29,31,33). The number of nitrogens with one attached hydrogen (secondary N) is 2. The van der Waals surface area contributed by atoms with Crippen molar-refractivity contribution in [2.75, 3.05) is 40.4 Å². The molecule has 0 aromatic rings. The maximum Gasteiger partial charge on any atom is 0.414 e. The summed E-state index contributed by atoms with van der Waals surface area (Å²) >= 11 is 0. The van der Waals surface area contributed by atoms with Crippen molar-refractivity contribution in [1.29, 1.82) is 0 Å². The van der Waals surface area contributed by atoms with E-state index in [2.05, 4.69) is 37.5 Å². The van der Waals surface area contributed by atoms with Crippen molar-refractivity contribution in [3.63, 3.8) is 0 Å². The predicted molar refractivity (Wildman–Crippen MR) is 140 cm³/mol. The van der Waals surface area contributed by atoms with Crippen LogP contribution in [0.1, 0.15) is 60.8 Å². The van der Waals surface area contributed by atoms with Gasteiger partial charge in [0.2, 0.25) is 5.91 Å². The summed E-state index contributed by atoms with van der Waals surface area (Å²) in [7, 11) is 3.32. The zero-order valence-corrected chi connectivity index (χ0v) is 24.0. The lowest BCUT2D eigenvalue weighted by atomic mass is 9.68. The third kappa shape index (κ3) is 7.91. The first-order valence-electron chi connectivity index (χ1n) is 13.3. The lowest BCUT2D eigenvalue weighted by molar-refractivity contribution is -0.126. The Morgan fingerprint density at radius 2 is 1.87 bits per heavy atom. The average molecular weight is 540 g/mol. The highest BCUT2D eigenvalue weighted by Gasteiger charge is 2.72. The normalized spacial score (nSPS) is 31.9. The molecule has 11 heteroatoms. The molecule has 6 unspecified atom stereocenters. The molecule has 0 aromatic carbocycles. The predicted octanol–water partition coefficient (Wildman–Crippen LogP) is 2.77. The van der Waals surface area contributed by atoms with E-state index in [9.17, 15) is 14.4 Å². The van der Waals surface area contributed by atoms with Crippen molar-refractivity contribution in [3.8, 4) is 0 Å². The van der Waals surface area contributed by atoms with Crippen LogP contribution in [0.15, 0.2) is 11.6 Å². The van der Waals surface area contributed by atoms with E-state index in [1.54, 1.807) is 39.8 Å². The number of epoxide rings is 2. The fraction of sp³-hybridized carbons (Fsp3) is 0.815. The molecular weight excluding hydrogens is 494 g/mol. The summed E-state index contributed by atoms with van der Waals surface area (Å²) in [5, 5.41) is 4.94. The van der Waals surface area contributed by atoms with Gasteiger partial charge in [-0.05, 0) is 67.9 Å². The monoisotopic (exact) mass is 539 g/mol. The van der Waals surface area contributed by atoms with Gasteiger partial charge in [-0.15, -0.1) is 0 Å². The van der Waals surface area contributed by atoms with Gasteiger partial charge in [-0.3, -0.25) is 15.0 Å². The van der Waals surface area contributed by atoms with Crippen LogP contribution in [0.25, 0.3) is 0 Å². The molecule has 1 saturated carbocycles. The number of likely N-dealkylation sites (N-methyl/N-ethyl adjacent to an activating group) is 1. The van der Waals surface area contributed by atoms with Crippen molar-refractivity contribution in [2.24, 2.45) is 5.92 Å². The van der Waals surface area contributed by atoms with E-state index >= 15 is 0 Å². The minimum atomic E-state index is -0.809. The second-order valence-corrected chi connectivity index (χ2v) is 12.0. The zero-order valence-electron chi connectivity index (χ0n) is 24.0. The molecule has 0 bridgehead atoms. The number of ether oxygens (including phenoxy) is 5. The van der Waals surface area contributed by atoms with Gasteiger partial charge in [0.25, 0.3) is 0 Å². The number of hydrogen-bond acceptors (Lipinski definition) is 9. The van der Waals surface area contributed by atoms with Gasteiger partial charge in [0.05, 0.1) is 25.2 Å². The van der Waals surface area contributed by atoms with Crippen molar-refractivity contribution in [1.82, 2.24) is 15.5 Å². The Labute approximate surface area is 225 Å². The van der Waals surface area contributed by atoms with Gasteiger partial charge in [0.1, 0.15) is 29.0 Å². The van der Waals surface area contributed by atoms with Crippen LogP contribution in [0.3, 0.4) is 0 Å². The molecule has 0 radical (unpaired) electrons. The van der Waals surface area contributed by atoms with Crippen LogP contribution in [0.5, 0.6) is 0 Å². The molecule has 3 fully saturated rings. The second-order valence-electron chi connectivity index (χ2n) is 12.0. The first kappa shape index (κ1) is 30.3. The highest BCUT2D eigenvalue weighted by molar-refractivity contribution is 5.92. The Kier molecular flexibility index (Phi) is 9.49. The van der Waals surface area contributed by atoms with Gasteiger partial charge in [0.15, 0.2) is 0 Å². The molecule has 3 rings (SSSR count). The van der Waals surface area contributed by atoms with Crippen LogP contribution < -0.4 is 10.6 Å². The molecular formula is C27H45N3O8. The lowest BCUT2D eigenvalue weighted by Gasteiger charge is -2.42. The number of hydrogen-bond donors (Lipinski definition) is 2. The number of carbonyl (C=O) groups is 3. The molecule has 1 aliphatic carbocycles. The Balaban J connectivity index is 1.48. The van der Waals surface area contributed by atoms with Gasteiger partial charge in [-0.25, -0.2) is 9.59 Å². The first-order valence-corrected chi connectivity index (χ1v) is 13.3. The number of alkyl carbamates (subject to hydrolysis) is 2. The maximum atomic E-state index is 12.6. The van der Waals surface area contributed by atoms with E-state index in [1.807, 2.05) is 0 Å². The molecule has 2 aliphatic heterocycles. The molecule has 2 N–H and O–H groups in total. The molecule has 2 saturated heterocycles. The number of carbonyl (C=O) groups excluding carboxylic acids is 3. The molecule has 3 aliphatic rings. The third-order valence-corrected chi connectivity index (χ3v) is 7.31. The van der Waals surface area contributed by atoms with Crippen molar-refractivity contribution >= 4 is 18.1 Å². The first-order chi connectivity index (χ1) is 17.7. The highest BCUT2D eigenvalue weighted by atomic mass is 16.6. The minimum Gasteiger partial charge on any atom is -0.444 e. The van der Waals surface area contributed by atoms with Crippen molar-refractivity contribution in [3.05, 3.63) is 11.6 Å². The fourth-order valence-corrected chi connectivity index (χ4v) is 5.38. The summed E-state index contributed by atoms with van der Waals surface area (Å²) < 4.78 is 28.9. The summed E-state index contributed by atoms with van der Waals surface area (Å²) in [5.74, 6) is -0.598. The van der Waals surface area contributed by atoms with E-state index in [1.165, 1.54) is 5.57 Å². The Morgan fingerprint density at radius 1 is 1.18 bits per heavy atom. The molecule has 1 spiro atoms. The number of allylic oxidation sites excluding steroid dienone is 1. The summed E-state index contributed by atoms with van der Waals surface area (Å²) in [6, 6.07) is 0. The van der Waals surface area contributed by atoms with Crippen molar-refractivity contribution in [2.45, 2.75) is 95.9 Å². The largest absolute Gasteiger partial charge is 0.444 e. The lowest BCUT2D eigenvalue weighted by Crippen LogP contribution is -2.56. The number of nitrogens with zero attached hydrogens (tertiary/aromatic N) is 1. The molecule has 6 atom stereocenters. The average Bonchev–Trinajstić information content (AvgIpc) is 3.69. The quantitative estimate of drug-likeness (QED) is 0.318. The number of imide groups is 1. The summed E-state index contributed by atoms with van der Waals surface area (Å²) in [6.07, 6.45) is 2.04. The van der Waals surface area contributed by atoms with Gasteiger partial charge in [0, 0.05) is 20.2 Å². The van der Waals surface area contributed by atoms with Gasteiger partial charge in [-0.1, -0.05) is 11.6 Å². The Morgan fingerprint density at radius 3 is 2.45 bits per heavy atom. The molecule has 38 heavy (non-hydrogen) atoms. The van der Waals surface area contributed by atoms with Gasteiger partial charge in [-0.2, -0.15) is 0 Å².